The minimum absolute atomic E-state index is 0.148. The molecular weight excluding hydrogens is 274 g/mol. The summed E-state index contributed by atoms with van der Waals surface area (Å²) in [4.78, 5) is 14.3. The highest BCUT2D eigenvalue weighted by atomic mass is 35.5. The molecule has 3 nitrogen and oxygen atoms in total. The number of nitrogens with one attached hydrogen (secondary N) is 1. The number of fused-ring (bicyclic) bond motifs is 1. The largest absolute Gasteiger partial charge is 0.550 e. The third kappa shape index (κ3) is 2.17. The molecule has 0 aliphatic heterocycles. The van der Waals surface area contributed by atoms with Gasteiger partial charge in [0, 0.05) is 33.9 Å². The summed E-state index contributed by atoms with van der Waals surface area (Å²) in [6, 6.07) is 14.9. The first-order valence-corrected chi connectivity index (χ1v) is 6.59. The van der Waals surface area contributed by atoms with Gasteiger partial charge < -0.3 is 14.9 Å². The van der Waals surface area contributed by atoms with E-state index in [1.807, 2.05) is 42.5 Å². The first kappa shape index (κ1) is 12.8. The van der Waals surface area contributed by atoms with Crippen molar-refractivity contribution in [2.75, 3.05) is 0 Å². The number of carboxylic acid groups (broad SMARTS) is 1. The van der Waals surface area contributed by atoms with Gasteiger partial charge in [0.25, 0.3) is 0 Å². The van der Waals surface area contributed by atoms with Crippen LogP contribution in [0.1, 0.15) is 5.56 Å². The van der Waals surface area contributed by atoms with Crippen LogP contribution in [-0.2, 0) is 11.2 Å². The van der Waals surface area contributed by atoms with E-state index in [1.54, 1.807) is 6.07 Å². The molecule has 0 amide bonds. The van der Waals surface area contributed by atoms with Crippen LogP contribution in [0, 0.1) is 0 Å². The summed E-state index contributed by atoms with van der Waals surface area (Å²) >= 11 is 6.21. The van der Waals surface area contributed by atoms with Crippen molar-refractivity contribution in [3.05, 3.63) is 59.1 Å². The molecular formula is C16H11ClNO2-. The number of para-hydroxylation sites is 1. The highest BCUT2D eigenvalue weighted by Gasteiger charge is 2.14. The smallest absolute Gasteiger partial charge is 0.0516 e. The molecule has 3 rings (SSSR count). The molecule has 0 saturated heterocycles. The van der Waals surface area contributed by atoms with Crippen LogP contribution in [0.2, 0.25) is 5.02 Å². The minimum Gasteiger partial charge on any atom is -0.550 e. The van der Waals surface area contributed by atoms with Crippen molar-refractivity contribution in [1.29, 1.82) is 0 Å². The zero-order valence-corrected chi connectivity index (χ0v) is 11.3. The molecule has 0 aliphatic rings. The maximum atomic E-state index is 11.0. The standard InChI is InChI=1S/C16H12ClNO2/c17-13-7-3-1-6-11(13)16-12(9-15(19)20)10-5-2-4-8-14(10)18-16/h1-8,18H,9H2,(H,19,20)/p-1. The average Bonchev–Trinajstić information content (AvgIpc) is 2.78. The lowest BCUT2D eigenvalue weighted by molar-refractivity contribution is -0.304. The monoisotopic (exact) mass is 284 g/mol. The Hall–Kier alpha value is -2.26. The van der Waals surface area contributed by atoms with Crippen LogP contribution >= 0.6 is 11.6 Å². The zero-order valence-electron chi connectivity index (χ0n) is 10.5. The normalized spacial score (nSPS) is 10.8. The van der Waals surface area contributed by atoms with E-state index in [1.165, 1.54) is 0 Å². The lowest BCUT2D eigenvalue weighted by Gasteiger charge is -2.07. The highest BCUT2D eigenvalue weighted by Crippen LogP contribution is 2.34. The highest BCUT2D eigenvalue weighted by molar-refractivity contribution is 6.33. The molecule has 0 fully saturated rings. The topological polar surface area (TPSA) is 55.9 Å². The summed E-state index contributed by atoms with van der Waals surface area (Å²) in [5.74, 6) is -1.11. The molecule has 0 atom stereocenters. The average molecular weight is 285 g/mol. The fourth-order valence-electron chi connectivity index (χ4n) is 2.42. The first-order chi connectivity index (χ1) is 9.66. The third-order valence-corrected chi connectivity index (χ3v) is 3.61. The van der Waals surface area contributed by atoms with Gasteiger partial charge in [0.2, 0.25) is 0 Å². The lowest BCUT2D eigenvalue weighted by Crippen LogP contribution is -2.24. The van der Waals surface area contributed by atoms with Crippen LogP contribution in [0.15, 0.2) is 48.5 Å². The maximum absolute atomic E-state index is 11.0. The SMILES string of the molecule is O=C([O-])Cc1c(-c2ccccc2Cl)[nH]c2ccccc12. The zero-order chi connectivity index (χ0) is 14.1. The van der Waals surface area contributed by atoms with Gasteiger partial charge in [-0.25, -0.2) is 0 Å². The van der Waals surface area contributed by atoms with Crippen LogP contribution in [0.3, 0.4) is 0 Å². The van der Waals surface area contributed by atoms with Gasteiger partial charge in [-0.3, -0.25) is 0 Å². The molecule has 1 aromatic heterocycles. The Morgan fingerprint density at radius 1 is 1.10 bits per heavy atom. The Labute approximate surface area is 120 Å². The van der Waals surface area contributed by atoms with Crippen LogP contribution < -0.4 is 5.11 Å². The van der Waals surface area contributed by atoms with E-state index in [9.17, 15) is 9.90 Å². The van der Waals surface area contributed by atoms with Crippen molar-refractivity contribution in [3.8, 4) is 11.3 Å². The lowest BCUT2D eigenvalue weighted by atomic mass is 10.0. The summed E-state index contributed by atoms with van der Waals surface area (Å²) in [6.07, 6.45) is -0.148. The van der Waals surface area contributed by atoms with E-state index in [-0.39, 0.29) is 6.42 Å². The molecule has 0 bridgehead atoms. The van der Waals surface area contributed by atoms with Crippen LogP contribution in [0.5, 0.6) is 0 Å². The van der Waals surface area contributed by atoms with E-state index < -0.39 is 5.97 Å². The van der Waals surface area contributed by atoms with Crippen molar-refractivity contribution < 1.29 is 9.90 Å². The second kappa shape index (κ2) is 5.02. The molecule has 0 saturated carbocycles. The molecule has 0 radical (unpaired) electrons. The summed E-state index contributed by atoms with van der Waals surface area (Å²) in [5, 5.41) is 12.5. The van der Waals surface area contributed by atoms with Gasteiger partial charge in [-0.15, -0.1) is 0 Å². The molecule has 3 aromatic rings. The third-order valence-electron chi connectivity index (χ3n) is 3.28. The second-order valence-corrected chi connectivity index (χ2v) is 4.96. The Kier molecular flexibility index (Phi) is 3.20. The van der Waals surface area contributed by atoms with Gasteiger partial charge in [0.1, 0.15) is 0 Å². The fourth-order valence-corrected chi connectivity index (χ4v) is 2.65. The summed E-state index contributed by atoms with van der Waals surface area (Å²) in [6.45, 7) is 0. The Morgan fingerprint density at radius 2 is 1.80 bits per heavy atom. The quantitative estimate of drug-likeness (QED) is 0.804. The number of aliphatic carboxylic acids is 1. The van der Waals surface area contributed by atoms with Gasteiger partial charge >= 0.3 is 0 Å². The Morgan fingerprint density at radius 3 is 2.55 bits per heavy atom. The van der Waals surface area contributed by atoms with Crippen LogP contribution in [-0.4, -0.2) is 11.0 Å². The minimum atomic E-state index is -1.11. The van der Waals surface area contributed by atoms with E-state index in [0.717, 1.165) is 22.2 Å². The van der Waals surface area contributed by atoms with Crippen LogP contribution in [0.25, 0.3) is 22.2 Å². The molecule has 1 heterocycles. The molecule has 1 N–H and O–H groups in total. The number of benzene rings is 2. The number of halogens is 1. The van der Waals surface area contributed by atoms with Gasteiger partial charge in [-0.05, 0) is 17.7 Å². The number of aromatic nitrogens is 1. The van der Waals surface area contributed by atoms with Crippen molar-refractivity contribution in [2.45, 2.75) is 6.42 Å². The second-order valence-electron chi connectivity index (χ2n) is 4.55. The first-order valence-electron chi connectivity index (χ1n) is 6.21. The van der Waals surface area contributed by atoms with E-state index in [4.69, 9.17) is 11.6 Å². The molecule has 0 unspecified atom stereocenters. The summed E-state index contributed by atoms with van der Waals surface area (Å²) in [7, 11) is 0. The fraction of sp³-hybridized carbons (Fsp3) is 0.0625. The molecule has 20 heavy (non-hydrogen) atoms. The molecule has 2 aromatic carbocycles. The Bertz CT molecular complexity index is 792. The molecule has 0 aliphatic carbocycles. The van der Waals surface area contributed by atoms with Crippen molar-refractivity contribution in [2.24, 2.45) is 0 Å². The predicted molar refractivity (Wildman–Crippen MR) is 77.5 cm³/mol. The van der Waals surface area contributed by atoms with E-state index >= 15 is 0 Å². The van der Waals surface area contributed by atoms with E-state index in [2.05, 4.69) is 4.98 Å². The van der Waals surface area contributed by atoms with Gasteiger partial charge in [0.15, 0.2) is 0 Å². The van der Waals surface area contributed by atoms with Crippen molar-refractivity contribution in [3.63, 3.8) is 0 Å². The van der Waals surface area contributed by atoms with Crippen molar-refractivity contribution in [1.82, 2.24) is 4.98 Å². The molecule has 4 heteroatoms. The number of H-pyrrole nitrogens is 1. The number of hydrogen-bond donors (Lipinski definition) is 1. The molecule has 0 spiro atoms. The van der Waals surface area contributed by atoms with E-state index in [0.29, 0.717) is 10.6 Å². The van der Waals surface area contributed by atoms with Crippen LogP contribution in [0.4, 0.5) is 0 Å². The summed E-state index contributed by atoms with van der Waals surface area (Å²) < 4.78 is 0. The Balaban J connectivity index is 2.29. The number of rotatable bonds is 3. The molecule has 100 valence electrons. The predicted octanol–water partition coefficient (Wildman–Crippen LogP) is 2.78. The number of carbonyl (C=O) groups is 1. The number of carboxylic acids is 1. The number of aromatic amines is 1. The number of hydrogen-bond acceptors (Lipinski definition) is 2. The number of carbonyl (C=O) groups excluding carboxylic acids is 1. The summed E-state index contributed by atoms with van der Waals surface area (Å²) in [5.41, 5.74) is 3.12. The van der Waals surface area contributed by atoms with Gasteiger partial charge in [-0.1, -0.05) is 48.0 Å². The van der Waals surface area contributed by atoms with Crippen molar-refractivity contribution >= 4 is 28.5 Å². The maximum Gasteiger partial charge on any atom is 0.0516 e. The van der Waals surface area contributed by atoms with Gasteiger partial charge in [0.05, 0.1) is 5.69 Å². The van der Waals surface area contributed by atoms with Gasteiger partial charge in [-0.2, -0.15) is 0 Å².